The van der Waals surface area contributed by atoms with E-state index in [1.807, 2.05) is 65.8 Å². The molecule has 1 aromatic rings. The van der Waals surface area contributed by atoms with Crippen LogP contribution in [0.3, 0.4) is 0 Å². The number of amides is 1. The molecule has 7 nitrogen and oxygen atoms in total. The summed E-state index contributed by atoms with van der Waals surface area (Å²) in [6.45, 7) is 14.6. The second-order valence-electron chi connectivity index (χ2n) is 9.12. The molecule has 1 aliphatic heterocycles. The minimum atomic E-state index is -0.593. The average molecular weight is 421 g/mol. The number of benzene rings is 1. The molecule has 0 unspecified atom stereocenters. The summed E-state index contributed by atoms with van der Waals surface area (Å²) in [5, 5.41) is 0. The summed E-state index contributed by atoms with van der Waals surface area (Å²) >= 11 is 0. The summed E-state index contributed by atoms with van der Waals surface area (Å²) in [5.41, 5.74) is -0.0917. The molecule has 0 N–H and O–H groups in total. The molecule has 1 saturated heterocycles. The van der Waals surface area contributed by atoms with Crippen LogP contribution in [0.1, 0.15) is 48.0 Å². The zero-order chi connectivity index (χ0) is 22.4. The first-order valence-corrected chi connectivity index (χ1v) is 10.7. The number of ether oxygens (including phenoxy) is 3. The second kappa shape index (κ2) is 10.0. The van der Waals surface area contributed by atoms with Crippen molar-refractivity contribution in [2.24, 2.45) is 5.41 Å². The number of para-hydroxylation sites is 2. The first-order chi connectivity index (χ1) is 14.0. The van der Waals surface area contributed by atoms with Gasteiger partial charge >= 0.3 is 12.1 Å². The maximum Gasteiger partial charge on any atom is 0.410 e. The van der Waals surface area contributed by atoms with Crippen LogP contribution in [0.5, 0.6) is 5.75 Å². The number of anilines is 1. The molecule has 0 radical (unpaired) electrons. The predicted molar refractivity (Wildman–Crippen MR) is 117 cm³/mol. The van der Waals surface area contributed by atoms with Crippen LogP contribution in [-0.4, -0.2) is 62.0 Å². The molecule has 2 rings (SSSR count). The van der Waals surface area contributed by atoms with Gasteiger partial charge in [-0.25, -0.2) is 4.79 Å². The molecule has 1 aromatic carbocycles. The molecule has 7 heteroatoms. The van der Waals surface area contributed by atoms with Crippen LogP contribution in [0.4, 0.5) is 10.5 Å². The Bertz CT molecular complexity index is 719. The van der Waals surface area contributed by atoms with Gasteiger partial charge in [0.2, 0.25) is 0 Å². The second-order valence-corrected chi connectivity index (χ2v) is 9.12. The van der Waals surface area contributed by atoms with Crippen LogP contribution >= 0.6 is 0 Å². The molecule has 168 valence electrons. The lowest BCUT2D eigenvalue weighted by Crippen LogP contribution is -2.50. The van der Waals surface area contributed by atoms with Gasteiger partial charge in [0.15, 0.2) is 0 Å². The Morgan fingerprint density at radius 1 is 1.00 bits per heavy atom. The molecule has 1 amide bonds. The highest BCUT2D eigenvalue weighted by Gasteiger charge is 2.30. The number of carbonyl (C=O) groups is 2. The van der Waals surface area contributed by atoms with Crippen LogP contribution in [0.25, 0.3) is 0 Å². The first kappa shape index (κ1) is 23.8. The van der Waals surface area contributed by atoms with E-state index in [0.29, 0.717) is 45.8 Å². The lowest BCUT2D eigenvalue weighted by molar-refractivity contribution is -0.154. The van der Waals surface area contributed by atoms with Crippen LogP contribution in [0, 0.1) is 5.41 Å². The van der Waals surface area contributed by atoms with E-state index in [-0.39, 0.29) is 12.1 Å². The molecule has 1 heterocycles. The van der Waals surface area contributed by atoms with Gasteiger partial charge in [0.05, 0.1) is 24.3 Å². The summed E-state index contributed by atoms with van der Waals surface area (Å²) in [4.78, 5) is 28.3. The topological polar surface area (TPSA) is 68.3 Å². The number of hydrogen-bond acceptors (Lipinski definition) is 6. The van der Waals surface area contributed by atoms with Gasteiger partial charge in [-0.2, -0.15) is 0 Å². The van der Waals surface area contributed by atoms with Crippen molar-refractivity contribution in [2.75, 3.05) is 44.3 Å². The van der Waals surface area contributed by atoms with E-state index in [2.05, 4.69) is 4.90 Å². The Morgan fingerprint density at radius 3 is 2.23 bits per heavy atom. The number of piperazine rings is 1. The molecule has 30 heavy (non-hydrogen) atoms. The predicted octanol–water partition coefficient (Wildman–Crippen LogP) is 4.10. The van der Waals surface area contributed by atoms with Gasteiger partial charge in [-0.3, -0.25) is 4.79 Å². The van der Waals surface area contributed by atoms with Crippen molar-refractivity contribution < 1.29 is 23.8 Å². The quantitative estimate of drug-likeness (QED) is 0.619. The molecule has 0 atom stereocenters. The minimum absolute atomic E-state index is 0.208. The van der Waals surface area contributed by atoms with Crippen LogP contribution in [-0.2, 0) is 14.3 Å². The van der Waals surface area contributed by atoms with Crippen molar-refractivity contribution in [3.8, 4) is 5.75 Å². The Labute approximate surface area is 180 Å². The lowest BCUT2D eigenvalue weighted by Gasteiger charge is -2.37. The van der Waals surface area contributed by atoms with Gasteiger partial charge < -0.3 is 24.0 Å². The maximum absolute atomic E-state index is 12.3. The number of esters is 1. The van der Waals surface area contributed by atoms with Crippen molar-refractivity contribution in [1.29, 1.82) is 0 Å². The summed E-state index contributed by atoms with van der Waals surface area (Å²) in [7, 11) is 0. The third-order valence-electron chi connectivity index (χ3n) is 4.95. The zero-order valence-corrected chi connectivity index (χ0v) is 19.2. The maximum atomic E-state index is 12.3. The van der Waals surface area contributed by atoms with E-state index in [1.54, 1.807) is 4.90 Å². The van der Waals surface area contributed by atoms with Crippen molar-refractivity contribution in [3.63, 3.8) is 0 Å². The van der Waals surface area contributed by atoms with Crippen LogP contribution in [0.2, 0.25) is 0 Å². The monoisotopic (exact) mass is 420 g/mol. The molecule has 1 aliphatic rings. The Kier molecular flexibility index (Phi) is 7.98. The fourth-order valence-corrected chi connectivity index (χ4v) is 3.14. The highest BCUT2D eigenvalue weighted by Crippen LogP contribution is 2.30. The fraction of sp³-hybridized carbons (Fsp3) is 0.652. The summed E-state index contributed by atoms with van der Waals surface area (Å²) in [6.07, 6.45) is 0.292. The lowest BCUT2D eigenvalue weighted by atomic mass is 9.90. The molecule has 1 fully saturated rings. The molecular weight excluding hydrogens is 384 g/mol. The Balaban J connectivity index is 1.93. The molecule has 0 saturated carbocycles. The van der Waals surface area contributed by atoms with E-state index in [4.69, 9.17) is 14.2 Å². The van der Waals surface area contributed by atoms with Gasteiger partial charge in [-0.05, 0) is 60.1 Å². The Morgan fingerprint density at radius 2 is 1.63 bits per heavy atom. The van der Waals surface area contributed by atoms with Gasteiger partial charge in [0.1, 0.15) is 11.4 Å². The van der Waals surface area contributed by atoms with Gasteiger partial charge in [-0.15, -0.1) is 0 Å². The highest BCUT2D eigenvalue weighted by atomic mass is 16.6. The molecule has 0 aliphatic carbocycles. The largest absolute Gasteiger partial charge is 0.491 e. The SMILES string of the molecule is CCOC(=O)C(C)(C)CCOc1ccccc1N1CCN(C(=O)OC(C)(C)C)CC1. The third kappa shape index (κ3) is 6.82. The molecule has 0 spiro atoms. The first-order valence-electron chi connectivity index (χ1n) is 10.7. The Hall–Kier alpha value is -2.44. The van der Waals surface area contributed by atoms with E-state index >= 15 is 0 Å². The summed E-state index contributed by atoms with van der Waals surface area (Å²) in [6, 6.07) is 7.87. The zero-order valence-electron chi connectivity index (χ0n) is 19.2. The molecular formula is C23H36N2O5. The fourth-order valence-electron chi connectivity index (χ4n) is 3.14. The number of hydrogen-bond donors (Lipinski definition) is 0. The normalized spacial score (nSPS) is 15.0. The van der Waals surface area contributed by atoms with Crippen molar-refractivity contribution in [1.82, 2.24) is 4.90 Å². The smallest absolute Gasteiger partial charge is 0.410 e. The minimum Gasteiger partial charge on any atom is -0.491 e. The number of carbonyl (C=O) groups excluding carboxylic acids is 2. The average Bonchev–Trinajstić information content (AvgIpc) is 2.67. The van der Waals surface area contributed by atoms with E-state index in [1.165, 1.54) is 0 Å². The van der Waals surface area contributed by atoms with E-state index in [9.17, 15) is 9.59 Å². The van der Waals surface area contributed by atoms with Gasteiger partial charge in [0, 0.05) is 26.2 Å². The van der Waals surface area contributed by atoms with Gasteiger partial charge in [0.25, 0.3) is 0 Å². The van der Waals surface area contributed by atoms with Crippen molar-refractivity contribution in [2.45, 2.75) is 53.6 Å². The highest BCUT2D eigenvalue weighted by molar-refractivity contribution is 5.75. The summed E-state index contributed by atoms with van der Waals surface area (Å²) in [5.74, 6) is 0.572. The van der Waals surface area contributed by atoms with E-state index < -0.39 is 11.0 Å². The van der Waals surface area contributed by atoms with Crippen molar-refractivity contribution >= 4 is 17.7 Å². The standard InChI is InChI=1S/C23H36N2O5/c1-7-28-20(26)23(5,6)12-17-29-19-11-9-8-10-18(19)24-13-15-25(16-14-24)21(27)30-22(2,3)4/h8-11H,7,12-17H2,1-6H3. The number of rotatable bonds is 7. The van der Waals surface area contributed by atoms with Gasteiger partial charge in [-0.1, -0.05) is 12.1 Å². The summed E-state index contributed by atoms with van der Waals surface area (Å²) < 4.78 is 16.7. The van der Waals surface area contributed by atoms with Crippen LogP contribution in [0.15, 0.2) is 24.3 Å². The number of nitrogens with zero attached hydrogens (tertiary/aromatic N) is 2. The third-order valence-corrected chi connectivity index (χ3v) is 4.95. The van der Waals surface area contributed by atoms with Crippen LogP contribution < -0.4 is 9.64 Å². The van der Waals surface area contributed by atoms with E-state index in [0.717, 1.165) is 11.4 Å². The van der Waals surface area contributed by atoms with Crippen molar-refractivity contribution in [3.05, 3.63) is 24.3 Å². The molecule has 0 aromatic heterocycles. The molecule has 0 bridgehead atoms.